The molecule has 0 amide bonds. The predicted molar refractivity (Wildman–Crippen MR) is 154 cm³/mol. The molecule has 0 spiro atoms. The van der Waals surface area contributed by atoms with E-state index in [4.69, 9.17) is 24.3 Å². The van der Waals surface area contributed by atoms with Gasteiger partial charge in [-0.3, -0.25) is 13.9 Å². The first-order valence-electron chi connectivity index (χ1n) is 12.6. The molecule has 16 nitrogen and oxygen atoms in total. The first-order chi connectivity index (χ1) is 20.4. The number of nitrogen functional groups attached to an aromatic ring is 1. The van der Waals surface area contributed by atoms with Gasteiger partial charge in [0.15, 0.2) is 6.23 Å². The molecule has 0 saturated carbocycles. The average molecular weight is 680 g/mol. The number of aromatic nitrogens is 2. The number of benzene rings is 2. The Morgan fingerprint density at radius 3 is 2.63 bits per heavy atom. The lowest BCUT2D eigenvalue weighted by Crippen LogP contribution is -2.45. The monoisotopic (exact) mass is 679 g/mol. The second-order valence-electron chi connectivity index (χ2n) is 9.28. The van der Waals surface area contributed by atoms with E-state index < -0.39 is 56.2 Å². The summed E-state index contributed by atoms with van der Waals surface area (Å²) in [6, 6.07) is 15.0. The van der Waals surface area contributed by atoms with Gasteiger partial charge in [0.05, 0.1) is 6.61 Å². The van der Waals surface area contributed by atoms with Crippen molar-refractivity contribution in [2.24, 2.45) is 5.11 Å². The molecule has 43 heavy (non-hydrogen) atoms. The summed E-state index contributed by atoms with van der Waals surface area (Å²) in [7, 11) is -4.55. The van der Waals surface area contributed by atoms with E-state index in [1.54, 1.807) is 36.4 Å². The zero-order chi connectivity index (χ0) is 31.2. The Hall–Kier alpha value is -3.79. The molecule has 2 aromatic carbocycles. The van der Waals surface area contributed by atoms with Crippen LogP contribution >= 0.6 is 23.7 Å². The Bertz CT molecular complexity index is 1590. The van der Waals surface area contributed by atoms with Crippen molar-refractivity contribution in [2.45, 2.75) is 43.7 Å². The van der Waals surface area contributed by atoms with Gasteiger partial charge >= 0.3 is 19.4 Å². The number of carbonyl (C=O) groups excluding carboxylic acids is 1. The number of aliphatic hydroxyl groups excluding tert-OH is 2. The molecule has 1 saturated heterocycles. The molecule has 4 rings (SSSR count). The number of nitrogens with zero attached hydrogens (tertiary/aromatic N) is 5. The number of nitrogens with two attached hydrogens (primary N) is 1. The van der Waals surface area contributed by atoms with Crippen molar-refractivity contribution in [3.63, 3.8) is 0 Å². The van der Waals surface area contributed by atoms with Gasteiger partial charge in [0, 0.05) is 15.6 Å². The first kappa shape index (κ1) is 32.1. The molecule has 18 heteroatoms. The van der Waals surface area contributed by atoms with Crippen LogP contribution in [0.3, 0.4) is 0 Å². The number of nitrogens with one attached hydrogen (secondary N) is 1. The SMILES string of the molecule is C[C@H](NP(=O)(OC[C@@]1(N=[N+]=[N-])O[C@@H](n2ccc(N)nc2=O)[C@H](O)[C@@H]1O)Oc1ccc(Br)cc1)C(=O)OCc1ccccc1. The Balaban J connectivity index is 1.57. The molecule has 5 N–H and O–H groups in total. The molecule has 1 aromatic heterocycles. The number of azide groups is 1. The van der Waals surface area contributed by atoms with E-state index in [0.29, 0.717) is 4.47 Å². The molecular weight excluding hydrogens is 653 g/mol. The molecule has 1 unspecified atom stereocenters. The molecule has 0 bridgehead atoms. The lowest BCUT2D eigenvalue weighted by Gasteiger charge is -2.29. The number of esters is 1. The maximum Gasteiger partial charge on any atom is 0.459 e. The fourth-order valence-electron chi connectivity index (χ4n) is 3.96. The third kappa shape index (κ3) is 7.79. The van der Waals surface area contributed by atoms with Gasteiger partial charge in [-0.05, 0) is 48.4 Å². The molecule has 0 aliphatic carbocycles. The van der Waals surface area contributed by atoms with Crippen molar-refractivity contribution >= 4 is 35.5 Å². The second-order valence-corrected chi connectivity index (χ2v) is 11.9. The van der Waals surface area contributed by atoms with Crippen molar-refractivity contribution in [1.82, 2.24) is 14.6 Å². The van der Waals surface area contributed by atoms with Gasteiger partial charge in [-0.15, -0.1) is 0 Å². The zero-order valence-electron chi connectivity index (χ0n) is 22.5. The predicted octanol–water partition coefficient (Wildman–Crippen LogP) is 2.77. The van der Waals surface area contributed by atoms with E-state index in [-0.39, 0.29) is 18.2 Å². The van der Waals surface area contributed by atoms with Crippen LogP contribution in [0.25, 0.3) is 10.4 Å². The van der Waals surface area contributed by atoms with Crippen LogP contribution in [0.4, 0.5) is 5.82 Å². The lowest BCUT2D eigenvalue weighted by molar-refractivity contribution is -0.146. The number of aliphatic hydroxyl groups is 2. The highest BCUT2D eigenvalue weighted by molar-refractivity contribution is 9.10. The van der Waals surface area contributed by atoms with Crippen molar-refractivity contribution in [3.05, 3.63) is 97.8 Å². The minimum Gasteiger partial charge on any atom is -0.460 e. The summed E-state index contributed by atoms with van der Waals surface area (Å²) in [4.78, 5) is 31.3. The summed E-state index contributed by atoms with van der Waals surface area (Å²) in [6.45, 7) is 0.345. The number of hydrogen-bond acceptors (Lipinski definition) is 12. The molecule has 1 fully saturated rings. The first-order valence-corrected chi connectivity index (χ1v) is 14.9. The van der Waals surface area contributed by atoms with E-state index >= 15 is 0 Å². The number of ether oxygens (including phenoxy) is 2. The van der Waals surface area contributed by atoms with Crippen LogP contribution in [0, 0.1) is 0 Å². The molecule has 228 valence electrons. The molecule has 2 heterocycles. The smallest absolute Gasteiger partial charge is 0.459 e. The van der Waals surface area contributed by atoms with E-state index in [1.807, 2.05) is 6.07 Å². The standard InChI is InChI=1S/C25H27BrN7O9P/c1-15(23(36)39-13-16-5-3-2-4-6-16)30-43(38,42-18-9-7-17(26)8-10-18)40-14-25(31-32-28)21(35)20(34)22(41-25)33-12-11-19(27)29-24(33)37/h2-12,15,20-22,34-35H,13-14H2,1H3,(H,30,38)(H2,27,29,37)/t15-,20+,21-,22+,25+,43?/m0/s1. The van der Waals surface area contributed by atoms with Crippen LogP contribution in [0.1, 0.15) is 18.7 Å². The number of halogens is 1. The normalized spacial score (nSPS) is 23.5. The molecular formula is C25H27BrN7O9P. The summed E-state index contributed by atoms with van der Waals surface area (Å²) in [5, 5.41) is 27.5. The quantitative estimate of drug-likeness (QED) is 0.0711. The van der Waals surface area contributed by atoms with Crippen LogP contribution in [0.5, 0.6) is 5.75 Å². The summed E-state index contributed by atoms with van der Waals surface area (Å²) >= 11 is 3.28. The van der Waals surface area contributed by atoms with E-state index in [9.17, 15) is 29.9 Å². The van der Waals surface area contributed by atoms with Gasteiger partial charge in [-0.1, -0.05) is 51.4 Å². The highest BCUT2D eigenvalue weighted by Crippen LogP contribution is 2.48. The molecule has 1 aliphatic heterocycles. The van der Waals surface area contributed by atoms with Crippen molar-refractivity contribution in [1.29, 1.82) is 0 Å². The minimum absolute atomic E-state index is 0.0525. The maximum atomic E-state index is 14.0. The highest BCUT2D eigenvalue weighted by atomic mass is 79.9. The highest BCUT2D eigenvalue weighted by Gasteiger charge is 2.56. The number of carbonyl (C=O) groups is 1. The van der Waals surface area contributed by atoms with Gasteiger partial charge in [-0.25, -0.2) is 9.36 Å². The Morgan fingerprint density at radius 1 is 1.28 bits per heavy atom. The van der Waals surface area contributed by atoms with E-state index in [0.717, 1.165) is 16.3 Å². The Morgan fingerprint density at radius 2 is 1.98 bits per heavy atom. The van der Waals surface area contributed by atoms with Crippen molar-refractivity contribution in [2.75, 3.05) is 12.3 Å². The van der Waals surface area contributed by atoms with Crippen molar-refractivity contribution < 1.29 is 38.1 Å². The van der Waals surface area contributed by atoms with Gasteiger partial charge in [0.1, 0.15) is 36.4 Å². The number of anilines is 1. The summed E-state index contributed by atoms with van der Waals surface area (Å²) in [6.07, 6.45) is -4.25. The third-order valence-corrected chi connectivity index (χ3v) is 8.30. The molecule has 3 aromatic rings. The third-order valence-electron chi connectivity index (χ3n) is 6.15. The lowest BCUT2D eigenvalue weighted by atomic mass is 10.1. The topological polar surface area (TPSA) is 233 Å². The summed E-state index contributed by atoms with van der Waals surface area (Å²) in [5.74, 6) is -0.834. The van der Waals surface area contributed by atoms with Gasteiger partial charge in [-0.2, -0.15) is 10.1 Å². The van der Waals surface area contributed by atoms with E-state index in [2.05, 4.69) is 36.0 Å². The van der Waals surface area contributed by atoms with E-state index in [1.165, 1.54) is 25.1 Å². The fourth-order valence-corrected chi connectivity index (χ4v) is 5.74. The largest absolute Gasteiger partial charge is 0.460 e. The van der Waals surface area contributed by atoms with Crippen LogP contribution in [-0.4, -0.2) is 56.3 Å². The zero-order valence-corrected chi connectivity index (χ0v) is 24.9. The summed E-state index contributed by atoms with van der Waals surface area (Å²) in [5.41, 5.74) is 12.2. The Labute approximate surface area is 252 Å². The van der Waals surface area contributed by atoms with Crippen molar-refractivity contribution in [3.8, 4) is 5.75 Å². The van der Waals surface area contributed by atoms with Crippen LogP contribution in [0.15, 0.2) is 81.2 Å². The van der Waals surface area contributed by atoms with Crippen LogP contribution < -0.4 is 21.0 Å². The van der Waals surface area contributed by atoms with Gasteiger partial charge in [0.2, 0.25) is 5.72 Å². The summed E-state index contributed by atoms with van der Waals surface area (Å²) < 4.78 is 37.6. The number of rotatable bonds is 12. The van der Waals surface area contributed by atoms with Crippen LogP contribution in [0.2, 0.25) is 0 Å². The molecule has 0 radical (unpaired) electrons. The van der Waals surface area contributed by atoms with Gasteiger partial charge < -0.3 is 29.9 Å². The van der Waals surface area contributed by atoms with Crippen LogP contribution in [-0.2, 0) is 30.0 Å². The maximum absolute atomic E-state index is 14.0. The number of hydrogen-bond donors (Lipinski definition) is 4. The molecule has 6 atom stereocenters. The van der Waals surface area contributed by atoms with Gasteiger partial charge in [0.25, 0.3) is 0 Å². The Kier molecular flexibility index (Phi) is 10.2. The minimum atomic E-state index is -4.55. The average Bonchev–Trinajstić information content (AvgIpc) is 3.22. The second kappa shape index (κ2) is 13.7. The molecule has 1 aliphatic rings. The fraction of sp³-hybridized carbons (Fsp3) is 0.320.